The summed E-state index contributed by atoms with van der Waals surface area (Å²) in [5.41, 5.74) is 2.63. The normalized spacial score (nSPS) is 11.9. The number of benzene rings is 2. The number of rotatable bonds is 7. The van der Waals surface area contributed by atoms with Gasteiger partial charge in [0.15, 0.2) is 0 Å². The first kappa shape index (κ1) is 16.9. The molecule has 1 unspecified atom stereocenters. The van der Waals surface area contributed by atoms with Crippen molar-refractivity contribution < 1.29 is 4.74 Å². The van der Waals surface area contributed by atoms with Crippen LogP contribution in [0, 0.1) is 0 Å². The fourth-order valence-corrected chi connectivity index (χ4v) is 4.76. The van der Waals surface area contributed by atoms with Crippen LogP contribution in [0.5, 0.6) is 5.75 Å². The number of pyridine rings is 1. The zero-order valence-electron chi connectivity index (χ0n) is 13.5. The molecule has 0 bridgehead atoms. The molecule has 4 heteroatoms. The predicted molar refractivity (Wildman–Crippen MR) is 104 cm³/mol. The van der Waals surface area contributed by atoms with E-state index in [0.29, 0.717) is 4.58 Å². The summed E-state index contributed by atoms with van der Waals surface area (Å²) in [6.45, 7) is 0. The van der Waals surface area contributed by atoms with Crippen LogP contribution < -0.4 is 4.74 Å². The van der Waals surface area contributed by atoms with E-state index in [0.717, 1.165) is 11.5 Å². The van der Waals surface area contributed by atoms with Crippen LogP contribution in [0.3, 0.4) is 0 Å². The standard InChI is InChI=1S/C20H19NOS2/c1-22-18-9-7-17(8-10-18)20(24-19-11-13-21-14-12-19)23-15-16-5-3-2-4-6-16/h2-14,20H,15H2,1H3. The number of aromatic nitrogens is 1. The van der Waals surface area contributed by atoms with Crippen molar-refractivity contribution in [1.82, 2.24) is 4.98 Å². The van der Waals surface area contributed by atoms with Gasteiger partial charge in [-0.05, 0) is 35.4 Å². The third kappa shape index (κ3) is 4.79. The molecule has 2 nitrogen and oxygen atoms in total. The van der Waals surface area contributed by atoms with Gasteiger partial charge in [-0.25, -0.2) is 0 Å². The highest BCUT2D eigenvalue weighted by molar-refractivity contribution is 8.16. The minimum absolute atomic E-state index is 0.318. The lowest BCUT2D eigenvalue weighted by Gasteiger charge is -2.17. The lowest BCUT2D eigenvalue weighted by Crippen LogP contribution is -1.92. The van der Waals surface area contributed by atoms with E-state index in [1.807, 2.05) is 48.1 Å². The van der Waals surface area contributed by atoms with Crippen LogP contribution in [0.1, 0.15) is 15.7 Å². The summed E-state index contributed by atoms with van der Waals surface area (Å²) >= 11 is 3.79. The molecule has 3 rings (SSSR count). The van der Waals surface area contributed by atoms with Crippen LogP contribution in [-0.2, 0) is 5.75 Å². The van der Waals surface area contributed by atoms with Gasteiger partial charge in [0.2, 0.25) is 0 Å². The van der Waals surface area contributed by atoms with Gasteiger partial charge in [-0.1, -0.05) is 42.5 Å². The van der Waals surface area contributed by atoms with E-state index < -0.39 is 0 Å². The van der Waals surface area contributed by atoms with Crippen LogP contribution in [0.2, 0.25) is 0 Å². The number of hydrogen-bond donors (Lipinski definition) is 0. The Morgan fingerprint density at radius 2 is 1.62 bits per heavy atom. The first-order valence-corrected chi connectivity index (χ1v) is 9.64. The Bertz CT molecular complexity index is 733. The maximum atomic E-state index is 5.27. The van der Waals surface area contributed by atoms with Crippen molar-refractivity contribution in [2.24, 2.45) is 0 Å². The van der Waals surface area contributed by atoms with Crippen molar-refractivity contribution in [3.05, 3.63) is 90.3 Å². The van der Waals surface area contributed by atoms with Gasteiger partial charge >= 0.3 is 0 Å². The second kappa shape index (κ2) is 8.81. The molecule has 24 heavy (non-hydrogen) atoms. The third-order valence-corrected chi connectivity index (χ3v) is 6.33. The van der Waals surface area contributed by atoms with Crippen molar-refractivity contribution in [2.75, 3.05) is 7.11 Å². The molecule has 0 saturated heterocycles. The Balaban J connectivity index is 1.76. The van der Waals surface area contributed by atoms with Gasteiger partial charge in [0.1, 0.15) is 5.75 Å². The first-order valence-electron chi connectivity index (χ1n) is 7.71. The molecule has 0 fully saturated rings. The van der Waals surface area contributed by atoms with Gasteiger partial charge in [-0.3, -0.25) is 4.98 Å². The fourth-order valence-electron chi connectivity index (χ4n) is 2.25. The van der Waals surface area contributed by atoms with Crippen molar-refractivity contribution >= 4 is 23.5 Å². The van der Waals surface area contributed by atoms with Crippen LogP contribution in [0.25, 0.3) is 0 Å². The molecule has 0 aliphatic heterocycles. The highest BCUT2D eigenvalue weighted by Gasteiger charge is 2.14. The SMILES string of the molecule is COc1ccc(C(SCc2ccccc2)Sc2ccncc2)cc1. The Kier molecular flexibility index (Phi) is 6.21. The maximum absolute atomic E-state index is 5.27. The molecule has 0 aliphatic rings. The molecule has 0 spiro atoms. The molecule has 1 aromatic heterocycles. The van der Waals surface area contributed by atoms with Crippen molar-refractivity contribution in [3.8, 4) is 5.75 Å². The summed E-state index contributed by atoms with van der Waals surface area (Å²) in [5.74, 6) is 1.87. The zero-order valence-corrected chi connectivity index (χ0v) is 15.1. The largest absolute Gasteiger partial charge is 0.497 e. The zero-order chi connectivity index (χ0) is 16.6. The first-order chi connectivity index (χ1) is 11.8. The van der Waals surface area contributed by atoms with E-state index in [1.54, 1.807) is 7.11 Å². The Morgan fingerprint density at radius 3 is 2.29 bits per heavy atom. The number of nitrogens with zero attached hydrogens (tertiary/aromatic N) is 1. The summed E-state index contributed by atoms with van der Waals surface area (Å²) in [7, 11) is 1.70. The minimum Gasteiger partial charge on any atom is -0.497 e. The lowest BCUT2D eigenvalue weighted by atomic mass is 10.2. The Labute approximate surface area is 151 Å². The highest BCUT2D eigenvalue weighted by atomic mass is 32.2. The summed E-state index contributed by atoms with van der Waals surface area (Å²) in [6.07, 6.45) is 3.69. The topological polar surface area (TPSA) is 22.1 Å². The maximum Gasteiger partial charge on any atom is 0.118 e. The van der Waals surface area contributed by atoms with E-state index >= 15 is 0 Å². The van der Waals surface area contributed by atoms with Gasteiger partial charge in [0, 0.05) is 23.0 Å². The lowest BCUT2D eigenvalue weighted by molar-refractivity contribution is 0.414. The molecular formula is C20H19NOS2. The molecule has 122 valence electrons. The third-order valence-electron chi connectivity index (χ3n) is 3.53. The molecule has 0 N–H and O–H groups in total. The average Bonchev–Trinajstić information content (AvgIpc) is 2.67. The minimum atomic E-state index is 0.318. The Hall–Kier alpha value is -1.91. The molecule has 0 amide bonds. The monoisotopic (exact) mass is 353 g/mol. The molecule has 0 saturated carbocycles. The molecule has 1 atom stereocenters. The number of hydrogen-bond acceptors (Lipinski definition) is 4. The van der Waals surface area contributed by atoms with Crippen LogP contribution >= 0.6 is 23.5 Å². The van der Waals surface area contributed by atoms with E-state index in [1.165, 1.54) is 16.0 Å². The smallest absolute Gasteiger partial charge is 0.118 e. The van der Waals surface area contributed by atoms with Gasteiger partial charge in [-0.2, -0.15) is 0 Å². The van der Waals surface area contributed by atoms with Crippen LogP contribution in [-0.4, -0.2) is 12.1 Å². The summed E-state index contributed by atoms with van der Waals surface area (Å²) in [4.78, 5) is 5.33. The molecule has 2 aromatic carbocycles. The van der Waals surface area contributed by atoms with Gasteiger partial charge < -0.3 is 4.74 Å². The van der Waals surface area contributed by atoms with Gasteiger partial charge in [0.05, 0.1) is 11.7 Å². The second-order valence-electron chi connectivity index (χ2n) is 5.20. The van der Waals surface area contributed by atoms with E-state index in [4.69, 9.17) is 4.74 Å². The average molecular weight is 354 g/mol. The van der Waals surface area contributed by atoms with Crippen molar-refractivity contribution in [3.63, 3.8) is 0 Å². The molecule has 3 aromatic rings. The summed E-state index contributed by atoms with van der Waals surface area (Å²) in [6, 6.07) is 23.1. The number of thioether (sulfide) groups is 2. The highest BCUT2D eigenvalue weighted by Crippen LogP contribution is 2.45. The van der Waals surface area contributed by atoms with E-state index in [9.17, 15) is 0 Å². The van der Waals surface area contributed by atoms with E-state index in [-0.39, 0.29) is 0 Å². The van der Waals surface area contributed by atoms with Crippen LogP contribution in [0.15, 0.2) is 84.0 Å². The Morgan fingerprint density at radius 1 is 0.917 bits per heavy atom. The van der Waals surface area contributed by atoms with Gasteiger partial charge in [-0.15, -0.1) is 23.5 Å². The van der Waals surface area contributed by atoms with Crippen molar-refractivity contribution in [2.45, 2.75) is 15.2 Å². The number of methoxy groups -OCH3 is 1. The molecule has 0 aliphatic carbocycles. The predicted octanol–water partition coefficient (Wildman–Crippen LogP) is 5.81. The molecule has 1 heterocycles. The van der Waals surface area contributed by atoms with E-state index in [2.05, 4.69) is 59.6 Å². The molecule has 0 radical (unpaired) electrons. The van der Waals surface area contributed by atoms with Crippen LogP contribution in [0.4, 0.5) is 0 Å². The second-order valence-corrected chi connectivity index (χ2v) is 7.77. The fraction of sp³-hybridized carbons (Fsp3) is 0.150. The summed E-state index contributed by atoms with van der Waals surface area (Å²) < 4.78 is 5.59. The van der Waals surface area contributed by atoms with Gasteiger partial charge in [0.25, 0.3) is 0 Å². The quantitative estimate of drug-likeness (QED) is 0.394. The van der Waals surface area contributed by atoms with Crippen molar-refractivity contribution in [1.29, 1.82) is 0 Å². The summed E-state index contributed by atoms with van der Waals surface area (Å²) in [5, 5.41) is 0. The molecular weight excluding hydrogens is 334 g/mol. The number of ether oxygens (including phenoxy) is 1.